The summed E-state index contributed by atoms with van der Waals surface area (Å²) in [6, 6.07) is 19.3. The van der Waals surface area contributed by atoms with E-state index in [4.69, 9.17) is 19.1 Å². The van der Waals surface area contributed by atoms with E-state index >= 15 is 0 Å². The topological polar surface area (TPSA) is 129 Å². The van der Waals surface area contributed by atoms with Crippen molar-refractivity contribution in [3.05, 3.63) is 84.2 Å². The molecule has 12 nitrogen and oxygen atoms in total. The summed E-state index contributed by atoms with van der Waals surface area (Å²) in [6.07, 6.45) is 5.36. The molecule has 0 atom stereocenters. The van der Waals surface area contributed by atoms with Crippen LogP contribution in [0.4, 0.5) is 0 Å². The monoisotopic (exact) mass is 724 g/mol. The van der Waals surface area contributed by atoms with E-state index in [9.17, 15) is 9.59 Å². The Hall–Kier alpha value is -3.80. The fraction of sp³-hybridized carbons (Fsp3) is 0.312. The van der Waals surface area contributed by atoms with Gasteiger partial charge < -0.3 is 19.1 Å². The molecule has 0 saturated carbocycles. The molecule has 0 radical (unpaired) electrons. The zero-order valence-corrected chi connectivity index (χ0v) is 29.0. The number of rotatable bonds is 14. The molecule has 4 aromatic rings. The van der Waals surface area contributed by atoms with E-state index in [0.717, 1.165) is 67.5 Å². The number of hydroxylamine groups is 4. The van der Waals surface area contributed by atoms with Gasteiger partial charge in [0.2, 0.25) is 0 Å². The van der Waals surface area contributed by atoms with Crippen molar-refractivity contribution in [2.45, 2.75) is 22.9 Å². The number of carbonyl (C=O) groups is 2. The Kier molecular flexibility index (Phi) is 12.5. The van der Waals surface area contributed by atoms with Gasteiger partial charge in [-0.05, 0) is 48.3 Å². The number of ether oxygens (including phenoxy) is 2. The van der Waals surface area contributed by atoms with Crippen LogP contribution in [0.2, 0.25) is 0 Å². The van der Waals surface area contributed by atoms with Crippen LogP contribution in [-0.4, -0.2) is 90.5 Å². The molecule has 2 aliphatic rings. The smallest absolute Gasteiger partial charge is 0.438 e. The summed E-state index contributed by atoms with van der Waals surface area (Å²) in [4.78, 5) is 36.4. The first-order valence-corrected chi connectivity index (χ1v) is 18.6. The molecule has 48 heavy (non-hydrogen) atoms. The van der Waals surface area contributed by atoms with Gasteiger partial charge in [-0.2, -0.15) is 17.5 Å². The van der Waals surface area contributed by atoms with E-state index in [0.29, 0.717) is 50.7 Å². The largest absolute Gasteiger partial charge is 0.493 e. The summed E-state index contributed by atoms with van der Waals surface area (Å²) in [7, 11) is 0. The highest BCUT2D eigenvalue weighted by molar-refractivity contribution is 7.99. The van der Waals surface area contributed by atoms with Crippen LogP contribution in [0.3, 0.4) is 0 Å². The highest BCUT2D eigenvalue weighted by Gasteiger charge is 2.29. The van der Waals surface area contributed by atoms with Crippen LogP contribution in [0.5, 0.6) is 11.5 Å². The SMILES string of the molecule is O=C(ON1CCC=C(c2nsnc2SCCOc2ccccc2)C1)C(=O)ON1CCC=C(c2nsnc2SCCOc2ccccc2)C1. The van der Waals surface area contributed by atoms with Crippen LogP contribution >= 0.6 is 47.0 Å². The van der Waals surface area contributed by atoms with E-state index in [1.807, 2.05) is 60.7 Å². The summed E-state index contributed by atoms with van der Waals surface area (Å²) < 4.78 is 29.4. The van der Waals surface area contributed by atoms with Crippen molar-refractivity contribution in [3.8, 4) is 11.5 Å². The highest BCUT2D eigenvalue weighted by Crippen LogP contribution is 2.31. The van der Waals surface area contributed by atoms with Gasteiger partial charge >= 0.3 is 11.9 Å². The molecule has 2 aromatic carbocycles. The quantitative estimate of drug-likeness (QED) is 0.0919. The summed E-state index contributed by atoms with van der Waals surface area (Å²) in [5, 5.41) is 4.50. The number of hydrogen-bond acceptors (Lipinski definition) is 16. The van der Waals surface area contributed by atoms with Gasteiger partial charge in [-0.25, -0.2) is 9.59 Å². The minimum atomic E-state index is -1.08. The molecule has 0 aliphatic carbocycles. The van der Waals surface area contributed by atoms with Crippen molar-refractivity contribution in [1.82, 2.24) is 27.6 Å². The molecule has 4 heterocycles. The van der Waals surface area contributed by atoms with Crippen molar-refractivity contribution < 1.29 is 28.7 Å². The summed E-state index contributed by atoms with van der Waals surface area (Å²) in [5.74, 6) is 0.866. The fourth-order valence-corrected chi connectivity index (χ4v) is 7.87. The zero-order valence-electron chi connectivity index (χ0n) is 25.8. The standard InChI is InChI=1S/C32H32N6O6S4/c39-31(43-37-15-7-9-23(21-37)27-29(35-47-33-27)45-19-17-41-25-11-3-1-4-12-25)32(40)44-38-16-8-10-24(22-38)28-30(36-48-34-28)46-20-18-42-26-13-5-2-6-14-26/h1-6,9-14H,7-8,15-22H2. The summed E-state index contributed by atoms with van der Waals surface area (Å²) in [6.45, 7) is 2.49. The summed E-state index contributed by atoms with van der Waals surface area (Å²) in [5.41, 5.74) is 3.26. The Bertz CT molecular complexity index is 1590. The number of benzene rings is 2. The number of nitrogens with zero attached hydrogens (tertiary/aromatic N) is 6. The predicted molar refractivity (Wildman–Crippen MR) is 186 cm³/mol. The van der Waals surface area contributed by atoms with Gasteiger partial charge in [0.15, 0.2) is 0 Å². The molecule has 0 spiro atoms. The van der Waals surface area contributed by atoms with Gasteiger partial charge in [0.05, 0.1) is 49.8 Å². The molecule has 0 unspecified atom stereocenters. The lowest BCUT2D eigenvalue weighted by Crippen LogP contribution is -2.39. The maximum absolute atomic E-state index is 12.8. The third-order valence-corrected chi connectivity index (χ3v) is 10.2. The van der Waals surface area contributed by atoms with Crippen LogP contribution in [0.1, 0.15) is 24.2 Å². The lowest BCUT2D eigenvalue weighted by atomic mass is 10.1. The van der Waals surface area contributed by atoms with E-state index in [1.54, 1.807) is 23.5 Å². The number of thioether (sulfide) groups is 2. The van der Waals surface area contributed by atoms with Crippen molar-refractivity contribution in [3.63, 3.8) is 0 Å². The Balaban J connectivity index is 0.943. The van der Waals surface area contributed by atoms with Gasteiger partial charge in [0, 0.05) is 24.6 Å². The second-order valence-electron chi connectivity index (χ2n) is 10.4. The molecule has 6 rings (SSSR count). The third kappa shape index (κ3) is 9.64. The zero-order chi connectivity index (χ0) is 33.0. The molecule has 0 amide bonds. The predicted octanol–water partition coefficient (Wildman–Crippen LogP) is 5.53. The fourth-order valence-electron chi connectivity index (χ4n) is 4.81. The Labute approximate surface area is 294 Å². The van der Waals surface area contributed by atoms with Gasteiger partial charge in [0.25, 0.3) is 0 Å². The van der Waals surface area contributed by atoms with Crippen molar-refractivity contribution in [2.24, 2.45) is 0 Å². The molecule has 2 aromatic heterocycles. The van der Waals surface area contributed by atoms with E-state index in [-0.39, 0.29) is 13.1 Å². The average Bonchev–Trinajstić information content (AvgIpc) is 3.80. The van der Waals surface area contributed by atoms with Crippen LogP contribution in [0.15, 0.2) is 82.9 Å². The first kappa shape index (κ1) is 34.1. The van der Waals surface area contributed by atoms with Crippen molar-refractivity contribution in [1.29, 1.82) is 0 Å². The average molecular weight is 725 g/mol. The first-order chi connectivity index (χ1) is 23.6. The third-order valence-electron chi connectivity index (χ3n) is 7.02. The van der Waals surface area contributed by atoms with Crippen molar-refractivity contribution >= 4 is 70.1 Å². The molecule has 250 valence electrons. The minimum Gasteiger partial charge on any atom is -0.493 e. The van der Waals surface area contributed by atoms with Crippen LogP contribution < -0.4 is 9.47 Å². The normalized spacial score (nSPS) is 15.3. The molecular formula is C32H32N6O6S4. The second-order valence-corrected chi connectivity index (χ2v) is 13.6. The molecule has 0 bridgehead atoms. The molecule has 2 aliphatic heterocycles. The number of para-hydroxylation sites is 2. The highest BCUT2D eigenvalue weighted by atomic mass is 32.2. The molecular weight excluding hydrogens is 693 g/mol. The Morgan fingerprint density at radius 3 is 1.52 bits per heavy atom. The van der Waals surface area contributed by atoms with E-state index in [2.05, 4.69) is 29.6 Å². The maximum Gasteiger partial charge on any atom is 0.438 e. The van der Waals surface area contributed by atoms with Crippen molar-refractivity contribution in [2.75, 3.05) is 50.9 Å². The molecule has 0 N–H and O–H groups in total. The number of carbonyl (C=O) groups excluding carboxylic acids is 2. The lowest BCUT2D eigenvalue weighted by molar-refractivity contribution is -0.215. The maximum atomic E-state index is 12.8. The number of hydrogen-bond donors (Lipinski definition) is 0. The van der Waals surface area contributed by atoms with Gasteiger partial charge in [-0.15, -0.1) is 10.1 Å². The molecule has 0 saturated heterocycles. The first-order valence-electron chi connectivity index (χ1n) is 15.2. The second kappa shape index (κ2) is 17.6. The van der Waals surface area contributed by atoms with E-state index < -0.39 is 11.9 Å². The minimum absolute atomic E-state index is 0.281. The van der Waals surface area contributed by atoms with E-state index in [1.165, 1.54) is 10.1 Å². The van der Waals surface area contributed by atoms with Crippen LogP contribution in [0, 0.1) is 0 Å². The number of aromatic nitrogens is 4. The lowest BCUT2D eigenvalue weighted by Gasteiger charge is -2.27. The Morgan fingerprint density at radius 1 is 0.646 bits per heavy atom. The van der Waals surface area contributed by atoms with Gasteiger partial charge in [-0.1, -0.05) is 72.1 Å². The van der Waals surface area contributed by atoms with Gasteiger partial charge in [0.1, 0.15) is 32.9 Å². The molecule has 16 heteroatoms. The Morgan fingerprint density at radius 2 is 1.08 bits per heavy atom. The van der Waals surface area contributed by atoms with Crippen LogP contribution in [-0.2, 0) is 19.3 Å². The van der Waals surface area contributed by atoms with Crippen LogP contribution in [0.25, 0.3) is 11.1 Å². The summed E-state index contributed by atoms with van der Waals surface area (Å²) >= 11 is 5.37. The van der Waals surface area contributed by atoms with Gasteiger partial charge in [-0.3, -0.25) is 0 Å². The molecule has 0 fully saturated rings.